The van der Waals surface area contributed by atoms with Crippen LogP contribution in [-0.2, 0) is 13.0 Å². The van der Waals surface area contributed by atoms with Crippen molar-refractivity contribution in [1.82, 2.24) is 0 Å². The van der Waals surface area contributed by atoms with Crippen molar-refractivity contribution < 1.29 is 24.0 Å². The smallest absolute Gasteiger partial charge is 0.263 e. The van der Waals surface area contributed by atoms with Gasteiger partial charge in [-0.15, -0.1) is 11.3 Å². The second-order valence-electron chi connectivity index (χ2n) is 6.20. The molecule has 0 radical (unpaired) electrons. The van der Waals surface area contributed by atoms with E-state index in [1.807, 2.05) is 0 Å². The summed E-state index contributed by atoms with van der Waals surface area (Å²) < 4.78 is 10.6. The van der Waals surface area contributed by atoms with Gasteiger partial charge in [-0.05, 0) is 17.7 Å². The molecule has 1 atom stereocenters. The number of carbonyl (C=O) groups excluding carboxylic acids is 2. The van der Waals surface area contributed by atoms with E-state index in [0.29, 0.717) is 22.1 Å². The molecule has 1 aliphatic rings. The number of hydrogen-bond donors (Lipinski definition) is 3. The van der Waals surface area contributed by atoms with Gasteiger partial charge in [0.2, 0.25) is 0 Å². The van der Waals surface area contributed by atoms with E-state index in [1.165, 1.54) is 30.5 Å². The molecule has 8 heteroatoms. The SMILES string of the molecule is COc1cccc(OC)c1C(=O)Nc1sc2c(c1C(N)=O)CC[NH+](C)C2. The number of anilines is 1. The summed E-state index contributed by atoms with van der Waals surface area (Å²) in [5, 5.41) is 3.32. The summed E-state index contributed by atoms with van der Waals surface area (Å²) in [5.74, 6) is -0.133. The number of thiophene rings is 1. The van der Waals surface area contributed by atoms with Crippen molar-refractivity contribution >= 4 is 28.2 Å². The highest BCUT2D eigenvalue weighted by molar-refractivity contribution is 7.17. The minimum absolute atomic E-state index is 0.280. The fourth-order valence-corrected chi connectivity index (χ4v) is 4.57. The topological polar surface area (TPSA) is 95.1 Å². The Labute approximate surface area is 155 Å². The van der Waals surface area contributed by atoms with Crippen LogP contribution in [0.3, 0.4) is 0 Å². The number of fused-ring (bicyclic) bond motifs is 1. The third-order valence-corrected chi connectivity index (χ3v) is 5.63. The average Bonchev–Trinajstić information content (AvgIpc) is 2.97. The monoisotopic (exact) mass is 376 g/mol. The van der Waals surface area contributed by atoms with Gasteiger partial charge in [0.15, 0.2) is 0 Å². The number of methoxy groups -OCH3 is 2. The molecule has 0 spiro atoms. The standard InChI is InChI=1S/C18H21N3O4S/c1-21-8-7-10-13(9-21)26-18(14(10)16(19)22)20-17(23)15-11(24-2)5-4-6-12(15)25-3/h4-6H,7-9H2,1-3H3,(H2,19,22)(H,20,23)/p+1. The van der Waals surface area contributed by atoms with Crippen LogP contribution in [0.1, 0.15) is 31.2 Å². The molecule has 26 heavy (non-hydrogen) atoms. The van der Waals surface area contributed by atoms with Crippen molar-refractivity contribution in [3.05, 3.63) is 39.8 Å². The first-order chi connectivity index (χ1) is 12.5. The molecular weight excluding hydrogens is 354 g/mol. The van der Waals surface area contributed by atoms with Crippen LogP contribution in [0.15, 0.2) is 18.2 Å². The first-order valence-corrected chi connectivity index (χ1v) is 9.05. The van der Waals surface area contributed by atoms with Crippen molar-refractivity contribution in [2.75, 3.05) is 33.1 Å². The van der Waals surface area contributed by atoms with Crippen molar-refractivity contribution in [3.8, 4) is 11.5 Å². The zero-order valence-corrected chi connectivity index (χ0v) is 15.8. The van der Waals surface area contributed by atoms with E-state index in [1.54, 1.807) is 18.2 Å². The average molecular weight is 376 g/mol. The van der Waals surface area contributed by atoms with Crippen molar-refractivity contribution in [2.24, 2.45) is 5.73 Å². The summed E-state index contributed by atoms with van der Waals surface area (Å²) in [6.07, 6.45) is 0.768. The maximum Gasteiger partial charge on any atom is 0.263 e. The predicted molar refractivity (Wildman–Crippen MR) is 99.5 cm³/mol. The third-order valence-electron chi connectivity index (χ3n) is 4.48. The molecule has 0 saturated heterocycles. The molecule has 3 rings (SSSR count). The molecular formula is C18H22N3O4S+. The number of amides is 2. The Kier molecular flexibility index (Phi) is 5.15. The summed E-state index contributed by atoms with van der Waals surface area (Å²) in [4.78, 5) is 27.4. The van der Waals surface area contributed by atoms with Gasteiger partial charge in [-0.1, -0.05) is 6.07 Å². The van der Waals surface area contributed by atoms with Crippen LogP contribution in [0, 0.1) is 0 Å². The largest absolute Gasteiger partial charge is 0.496 e. The first kappa shape index (κ1) is 18.2. The summed E-state index contributed by atoms with van der Waals surface area (Å²) in [6, 6.07) is 5.11. The molecule has 0 saturated carbocycles. The molecule has 7 nitrogen and oxygen atoms in total. The molecule has 1 aliphatic heterocycles. The van der Waals surface area contributed by atoms with Gasteiger partial charge in [-0.25, -0.2) is 0 Å². The second-order valence-corrected chi connectivity index (χ2v) is 7.30. The Balaban J connectivity index is 2.00. The van der Waals surface area contributed by atoms with Crippen LogP contribution < -0.4 is 25.4 Å². The lowest BCUT2D eigenvalue weighted by atomic mass is 10.0. The van der Waals surface area contributed by atoms with Gasteiger partial charge < -0.3 is 25.4 Å². The quantitative estimate of drug-likeness (QED) is 0.715. The van der Waals surface area contributed by atoms with E-state index in [4.69, 9.17) is 15.2 Å². The van der Waals surface area contributed by atoms with Gasteiger partial charge in [-0.3, -0.25) is 9.59 Å². The maximum absolute atomic E-state index is 12.9. The Hall–Kier alpha value is -2.58. The number of benzene rings is 1. The van der Waals surface area contributed by atoms with Crippen LogP contribution in [0.2, 0.25) is 0 Å². The fourth-order valence-electron chi connectivity index (χ4n) is 3.21. The number of likely N-dealkylation sites (N-methyl/N-ethyl adjacent to an activating group) is 1. The van der Waals surface area contributed by atoms with Crippen molar-refractivity contribution in [1.29, 1.82) is 0 Å². The molecule has 138 valence electrons. The Bertz CT molecular complexity index is 840. The number of hydrogen-bond acceptors (Lipinski definition) is 5. The molecule has 0 fully saturated rings. The van der Waals surface area contributed by atoms with Gasteiger partial charge >= 0.3 is 0 Å². The number of ether oxygens (including phenoxy) is 2. The van der Waals surface area contributed by atoms with Crippen LogP contribution >= 0.6 is 11.3 Å². The molecule has 2 heterocycles. The molecule has 1 aromatic carbocycles. The van der Waals surface area contributed by atoms with E-state index in [-0.39, 0.29) is 5.56 Å². The molecule has 0 aliphatic carbocycles. The number of carbonyl (C=O) groups is 2. The highest BCUT2D eigenvalue weighted by atomic mass is 32.1. The summed E-state index contributed by atoms with van der Waals surface area (Å²) in [7, 11) is 5.08. The number of quaternary nitrogens is 1. The summed E-state index contributed by atoms with van der Waals surface area (Å²) in [6.45, 7) is 1.74. The molecule has 0 bridgehead atoms. The minimum Gasteiger partial charge on any atom is -0.496 e. The number of nitrogens with two attached hydrogens (primary N) is 1. The number of primary amides is 1. The van der Waals surface area contributed by atoms with Crippen LogP contribution in [0.5, 0.6) is 11.5 Å². The highest BCUT2D eigenvalue weighted by Crippen LogP contribution is 2.36. The lowest BCUT2D eigenvalue weighted by molar-refractivity contribution is -0.895. The summed E-state index contributed by atoms with van der Waals surface area (Å²) in [5.41, 5.74) is 7.25. The summed E-state index contributed by atoms with van der Waals surface area (Å²) >= 11 is 1.41. The predicted octanol–water partition coefficient (Wildman–Crippen LogP) is 0.687. The fraction of sp³-hybridized carbons (Fsp3) is 0.333. The lowest BCUT2D eigenvalue weighted by Crippen LogP contribution is -3.08. The molecule has 1 unspecified atom stereocenters. The van der Waals surface area contributed by atoms with Crippen molar-refractivity contribution in [3.63, 3.8) is 0 Å². The third kappa shape index (κ3) is 3.25. The van der Waals surface area contributed by atoms with Gasteiger partial charge in [0.25, 0.3) is 11.8 Å². The lowest BCUT2D eigenvalue weighted by Gasteiger charge is -2.19. The Morgan fingerprint density at radius 3 is 2.42 bits per heavy atom. The van der Waals surface area contributed by atoms with Crippen molar-refractivity contribution in [2.45, 2.75) is 13.0 Å². The number of nitrogens with one attached hydrogen (secondary N) is 2. The van der Waals surface area contributed by atoms with Gasteiger partial charge in [0.1, 0.15) is 28.6 Å². The van der Waals surface area contributed by atoms with Gasteiger partial charge in [-0.2, -0.15) is 0 Å². The zero-order chi connectivity index (χ0) is 18.8. The van der Waals surface area contributed by atoms with E-state index in [2.05, 4.69) is 12.4 Å². The molecule has 2 amide bonds. The van der Waals surface area contributed by atoms with E-state index >= 15 is 0 Å². The van der Waals surface area contributed by atoms with Crippen LogP contribution in [0.4, 0.5) is 5.00 Å². The first-order valence-electron chi connectivity index (χ1n) is 8.24. The minimum atomic E-state index is -0.524. The van der Waals surface area contributed by atoms with Crippen LogP contribution in [-0.4, -0.2) is 39.6 Å². The maximum atomic E-state index is 12.9. The normalized spacial score (nSPS) is 15.9. The van der Waals surface area contributed by atoms with E-state index in [9.17, 15) is 9.59 Å². The Morgan fingerprint density at radius 1 is 1.19 bits per heavy atom. The Morgan fingerprint density at radius 2 is 1.85 bits per heavy atom. The molecule has 2 aromatic rings. The highest BCUT2D eigenvalue weighted by Gasteiger charge is 2.29. The van der Waals surface area contributed by atoms with Gasteiger partial charge in [0.05, 0.1) is 38.3 Å². The van der Waals surface area contributed by atoms with Crippen LogP contribution in [0.25, 0.3) is 0 Å². The second kappa shape index (κ2) is 7.35. The zero-order valence-electron chi connectivity index (χ0n) is 15.0. The molecule has 4 N–H and O–H groups in total. The van der Waals surface area contributed by atoms with E-state index < -0.39 is 11.8 Å². The van der Waals surface area contributed by atoms with E-state index in [0.717, 1.165) is 30.0 Å². The molecule has 1 aromatic heterocycles. The number of rotatable bonds is 5. The van der Waals surface area contributed by atoms with Gasteiger partial charge in [0, 0.05) is 6.42 Å².